The first-order chi connectivity index (χ1) is 18.7. The van der Waals surface area contributed by atoms with E-state index in [1.807, 2.05) is 6.92 Å². The molecule has 7 nitrogen and oxygen atoms in total. The van der Waals surface area contributed by atoms with Crippen LogP contribution in [-0.4, -0.2) is 46.6 Å². The summed E-state index contributed by atoms with van der Waals surface area (Å²) in [5.41, 5.74) is 3.23. The average Bonchev–Trinajstić information content (AvgIpc) is 3.48. The Hall–Kier alpha value is -2.38. The first kappa shape index (κ1) is 28.2. The number of alkyl carbamates (subject to hydrolysis) is 1. The van der Waals surface area contributed by atoms with E-state index in [1.54, 1.807) is 13.2 Å². The molecule has 0 aromatic carbocycles. The van der Waals surface area contributed by atoms with Crippen molar-refractivity contribution in [1.82, 2.24) is 10.3 Å². The summed E-state index contributed by atoms with van der Waals surface area (Å²) in [6.45, 7) is 8.46. The highest BCUT2D eigenvalue weighted by Gasteiger charge is 2.56. The Morgan fingerprint density at radius 1 is 1.31 bits per heavy atom. The Morgan fingerprint density at radius 2 is 2.10 bits per heavy atom. The molecule has 3 N–H and O–H groups in total. The Balaban J connectivity index is 1.24. The summed E-state index contributed by atoms with van der Waals surface area (Å²) >= 11 is 0. The lowest BCUT2D eigenvalue weighted by molar-refractivity contribution is 0.0578. The summed E-state index contributed by atoms with van der Waals surface area (Å²) in [7, 11) is 1.60. The number of aliphatic hydroxyl groups excluding tert-OH is 2. The normalized spacial score (nSPS) is 34.6. The highest BCUT2D eigenvalue weighted by Crippen LogP contribution is 2.59. The zero-order valence-corrected chi connectivity index (χ0v) is 23.9. The van der Waals surface area contributed by atoms with E-state index in [4.69, 9.17) is 9.15 Å². The molecule has 0 spiro atoms. The molecule has 4 aliphatic rings. The van der Waals surface area contributed by atoms with Crippen LogP contribution in [0.15, 0.2) is 46.1 Å². The largest absolute Gasteiger partial charge is 0.445 e. The predicted octanol–water partition coefficient (Wildman–Crippen LogP) is 6.05. The van der Waals surface area contributed by atoms with Crippen molar-refractivity contribution in [2.45, 2.75) is 115 Å². The monoisotopic (exact) mass is 538 g/mol. The molecule has 1 amide bonds. The number of rotatable bonds is 8. The fourth-order valence-electron chi connectivity index (χ4n) is 7.86. The van der Waals surface area contributed by atoms with E-state index in [-0.39, 0.29) is 23.0 Å². The number of oxazole rings is 1. The van der Waals surface area contributed by atoms with Crippen LogP contribution in [0, 0.1) is 24.2 Å². The standard InChI is InChI=1S/C32H46N2O5/c1-20-19-34-29(38-20)32(15-16-32)28(39-30(37)33-4)9-5-8-24-12-13-26-22(7-6-14-31(24,26)3)10-11-23-17-25(35)18-27(36)21(23)2/h10-11,19,24-28,35-36H,2,5-9,12-18H2,1,3-4H3,(H,33,37)/b22-10+,23-11-/t24?,25-,26?,27+,28?,31?/m1/s1. The van der Waals surface area contributed by atoms with Crippen molar-refractivity contribution in [3.05, 3.63) is 53.3 Å². The molecule has 1 aromatic heterocycles. The SMILES string of the molecule is C=C1/C(=C\C=C2/CCCC3(C)C(CCCC(OC(=O)NC)C4(c5ncc(C)o5)CC4)CCC23)C[C@@H](O)C[C@@H]1O. The van der Waals surface area contributed by atoms with Crippen LogP contribution in [0.3, 0.4) is 0 Å². The molecule has 0 radical (unpaired) electrons. The van der Waals surface area contributed by atoms with Gasteiger partial charge in [0.15, 0.2) is 0 Å². The highest BCUT2D eigenvalue weighted by molar-refractivity contribution is 5.67. The van der Waals surface area contributed by atoms with Crippen molar-refractivity contribution in [2.75, 3.05) is 7.05 Å². The number of hydrogen-bond acceptors (Lipinski definition) is 6. The van der Waals surface area contributed by atoms with Crippen LogP contribution in [0.2, 0.25) is 0 Å². The average molecular weight is 539 g/mol. The number of amides is 1. The van der Waals surface area contributed by atoms with Crippen molar-refractivity contribution in [3.8, 4) is 0 Å². The van der Waals surface area contributed by atoms with Crippen molar-refractivity contribution >= 4 is 6.09 Å². The molecule has 1 heterocycles. The lowest BCUT2D eigenvalue weighted by Gasteiger charge is -2.42. The zero-order chi connectivity index (χ0) is 27.8. The molecule has 4 saturated carbocycles. The molecule has 214 valence electrons. The van der Waals surface area contributed by atoms with Crippen LogP contribution in [0.25, 0.3) is 0 Å². The van der Waals surface area contributed by atoms with E-state index in [9.17, 15) is 15.0 Å². The number of nitrogens with zero attached hydrogens (tertiary/aromatic N) is 1. The van der Waals surface area contributed by atoms with E-state index < -0.39 is 12.2 Å². The number of ether oxygens (including phenoxy) is 1. The lowest BCUT2D eigenvalue weighted by Crippen LogP contribution is -2.36. The Morgan fingerprint density at radius 3 is 2.79 bits per heavy atom. The summed E-state index contributed by atoms with van der Waals surface area (Å²) in [4.78, 5) is 16.7. The highest BCUT2D eigenvalue weighted by atomic mass is 16.6. The van der Waals surface area contributed by atoms with Gasteiger partial charge in [-0.25, -0.2) is 9.78 Å². The summed E-state index contributed by atoms with van der Waals surface area (Å²) in [5, 5.41) is 23.0. The third-order valence-corrected chi connectivity index (χ3v) is 10.3. The number of allylic oxidation sites excluding steroid dienone is 3. The number of fused-ring (bicyclic) bond motifs is 1. The number of nitrogens with one attached hydrogen (secondary N) is 1. The van der Waals surface area contributed by atoms with E-state index in [1.165, 1.54) is 31.3 Å². The van der Waals surface area contributed by atoms with Gasteiger partial charge in [-0.3, -0.25) is 0 Å². The fourth-order valence-corrected chi connectivity index (χ4v) is 7.86. The van der Waals surface area contributed by atoms with E-state index in [0.717, 1.165) is 55.4 Å². The summed E-state index contributed by atoms with van der Waals surface area (Å²) in [6, 6.07) is 0. The molecule has 5 rings (SSSR count). The molecule has 0 saturated heterocycles. The van der Waals surface area contributed by atoms with Crippen LogP contribution >= 0.6 is 0 Å². The van der Waals surface area contributed by atoms with Crippen molar-refractivity contribution in [3.63, 3.8) is 0 Å². The fraction of sp³-hybridized carbons (Fsp3) is 0.688. The van der Waals surface area contributed by atoms with Gasteiger partial charge in [0.2, 0.25) is 5.89 Å². The summed E-state index contributed by atoms with van der Waals surface area (Å²) < 4.78 is 11.8. The molecule has 7 heteroatoms. The van der Waals surface area contributed by atoms with Gasteiger partial charge in [-0.05, 0) is 106 Å². The minimum absolute atomic E-state index is 0.233. The minimum Gasteiger partial charge on any atom is -0.445 e. The number of aromatic nitrogens is 1. The van der Waals surface area contributed by atoms with Gasteiger partial charge in [-0.15, -0.1) is 0 Å². The molecule has 0 bridgehead atoms. The first-order valence-electron chi connectivity index (χ1n) is 14.9. The van der Waals surface area contributed by atoms with Gasteiger partial charge in [0, 0.05) is 13.5 Å². The van der Waals surface area contributed by atoms with Crippen molar-refractivity contribution in [1.29, 1.82) is 0 Å². The van der Waals surface area contributed by atoms with Gasteiger partial charge in [0.05, 0.1) is 23.8 Å². The van der Waals surface area contributed by atoms with E-state index in [0.29, 0.717) is 30.6 Å². The van der Waals surface area contributed by atoms with E-state index in [2.05, 4.69) is 36.0 Å². The van der Waals surface area contributed by atoms with Gasteiger partial charge in [0.25, 0.3) is 0 Å². The molecular formula is C32H46N2O5. The van der Waals surface area contributed by atoms with Crippen molar-refractivity contribution in [2.24, 2.45) is 17.3 Å². The third-order valence-electron chi connectivity index (χ3n) is 10.3. The Labute approximate surface area is 232 Å². The van der Waals surface area contributed by atoms with Crippen molar-refractivity contribution < 1.29 is 24.2 Å². The second-order valence-corrected chi connectivity index (χ2v) is 12.8. The van der Waals surface area contributed by atoms with Crippen LogP contribution < -0.4 is 5.32 Å². The van der Waals surface area contributed by atoms with Crippen LogP contribution in [0.1, 0.15) is 95.6 Å². The quantitative estimate of drug-likeness (QED) is 0.372. The minimum atomic E-state index is -0.649. The molecule has 4 aliphatic carbocycles. The maximum absolute atomic E-state index is 12.2. The summed E-state index contributed by atoms with van der Waals surface area (Å²) in [6.07, 6.45) is 16.1. The Kier molecular flexibility index (Phi) is 8.12. The number of hydrogen-bond donors (Lipinski definition) is 3. The summed E-state index contributed by atoms with van der Waals surface area (Å²) in [5.74, 6) is 2.71. The molecule has 39 heavy (non-hydrogen) atoms. The third kappa shape index (κ3) is 5.62. The maximum atomic E-state index is 12.2. The second kappa shape index (κ2) is 11.2. The molecule has 4 fully saturated rings. The maximum Gasteiger partial charge on any atom is 0.407 e. The molecule has 0 aliphatic heterocycles. The van der Waals surface area contributed by atoms with E-state index >= 15 is 0 Å². The van der Waals surface area contributed by atoms with Gasteiger partial charge in [0.1, 0.15) is 11.9 Å². The Bertz CT molecular complexity index is 1130. The van der Waals surface area contributed by atoms with Gasteiger partial charge in [-0.2, -0.15) is 0 Å². The number of carbonyl (C=O) groups excluding carboxylic acids is 1. The predicted molar refractivity (Wildman–Crippen MR) is 150 cm³/mol. The smallest absolute Gasteiger partial charge is 0.407 e. The number of aliphatic hydroxyl groups is 2. The van der Waals surface area contributed by atoms with Crippen LogP contribution in [0.4, 0.5) is 4.79 Å². The van der Waals surface area contributed by atoms with Gasteiger partial charge < -0.3 is 24.7 Å². The topological polar surface area (TPSA) is 105 Å². The van der Waals surface area contributed by atoms with Gasteiger partial charge in [-0.1, -0.05) is 31.2 Å². The van der Waals surface area contributed by atoms with Crippen LogP contribution in [-0.2, 0) is 10.2 Å². The molecule has 1 aromatic rings. The number of carbonyl (C=O) groups is 1. The number of aryl methyl sites for hydroxylation is 1. The molecular weight excluding hydrogens is 492 g/mol. The first-order valence-corrected chi connectivity index (χ1v) is 14.9. The molecule has 6 atom stereocenters. The lowest BCUT2D eigenvalue weighted by atomic mass is 9.62. The second-order valence-electron chi connectivity index (χ2n) is 12.8. The van der Waals surface area contributed by atoms with Crippen LogP contribution in [0.5, 0.6) is 0 Å². The van der Waals surface area contributed by atoms with Gasteiger partial charge >= 0.3 is 6.09 Å². The molecule has 4 unspecified atom stereocenters. The zero-order valence-electron chi connectivity index (χ0n) is 23.9.